The van der Waals surface area contributed by atoms with Gasteiger partial charge < -0.3 is 16.2 Å². The molecule has 0 aromatic heterocycles. The van der Waals surface area contributed by atoms with Crippen molar-refractivity contribution in [3.8, 4) is 0 Å². The predicted molar refractivity (Wildman–Crippen MR) is 52.6 cm³/mol. The lowest BCUT2D eigenvalue weighted by Crippen LogP contribution is -2.54. The molecule has 0 aromatic carbocycles. The van der Waals surface area contributed by atoms with Crippen molar-refractivity contribution in [1.29, 1.82) is 0 Å². The summed E-state index contributed by atoms with van der Waals surface area (Å²) in [6, 6.07) is 0. The van der Waals surface area contributed by atoms with Gasteiger partial charge in [-0.2, -0.15) is 0 Å². The molecular weight excluding hydrogens is 211 g/mol. The van der Waals surface area contributed by atoms with E-state index in [9.17, 15) is 9.18 Å². The molecule has 0 amide bonds. The Balaban J connectivity index is 4.45. The van der Waals surface area contributed by atoms with Gasteiger partial charge in [-0.3, -0.25) is 0 Å². The van der Waals surface area contributed by atoms with Gasteiger partial charge in [-0.15, -0.1) is 0 Å². The normalized spacial score (nSPS) is 17.2. The van der Waals surface area contributed by atoms with Crippen molar-refractivity contribution in [2.45, 2.75) is 30.9 Å². The molecule has 0 heterocycles. The first kappa shape index (κ1) is 13.6. The molecule has 1 unspecified atom stereocenters. The third-order valence-corrected chi connectivity index (χ3v) is 2.23. The van der Waals surface area contributed by atoms with Crippen LogP contribution in [0.2, 0.25) is 0 Å². The van der Waals surface area contributed by atoms with Crippen molar-refractivity contribution in [3.05, 3.63) is 0 Å². The van der Waals surface area contributed by atoms with Gasteiger partial charge in [-0.05, 0) is 26.3 Å². The van der Waals surface area contributed by atoms with Gasteiger partial charge in [0.25, 0.3) is 0 Å². The Morgan fingerprint density at radius 2 is 2.29 bits per heavy atom. The van der Waals surface area contributed by atoms with E-state index in [-0.39, 0.29) is 13.0 Å². The van der Waals surface area contributed by atoms with Gasteiger partial charge in [0.15, 0.2) is 5.54 Å². The average molecular weight is 227 g/mol. The number of esters is 1. The minimum absolute atomic E-state index is 0.0764. The first-order valence-corrected chi connectivity index (χ1v) is 4.87. The average Bonchev–Trinajstić information content (AvgIpc) is 2.14. The third-order valence-electron chi connectivity index (χ3n) is 1.84. The fraction of sp³-hybridized carbons (Fsp3) is 0.875. The lowest BCUT2D eigenvalue weighted by Gasteiger charge is -2.26. The van der Waals surface area contributed by atoms with E-state index in [1.54, 1.807) is 6.92 Å². The molecule has 2 atom stereocenters. The molecule has 4 nitrogen and oxygen atoms in total. The van der Waals surface area contributed by atoms with Crippen LogP contribution in [0, 0.1) is 0 Å². The molecule has 84 valence electrons. The Hall–Kier alpha value is -0.390. The van der Waals surface area contributed by atoms with Crippen LogP contribution in [0.1, 0.15) is 19.8 Å². The van der Waals surface area contributed by atoms with E-state index in [4.69, 9.17) is 23.1 Å². The highest BCUT2D eigenvalue weighted by atomic mass is 35.5. The number of nitrogens with two attached hydrogens (primary N) is 2. The molecule has 0 saturated carbocycles. The maximum Gasteiger partial charge on any atom is 0.330 e. The minimum atomic E-state index is -1.96. The topological polar surface area (TPSA) is 78.3 Å². The van der Waals surface area contributed by atoms with E-state index in [0.29, 0.717) is 13.0 Å². The molecule has 0 aliphatic carbocycles. The van der Waals surface area contributed by atoms with Gasteiger partial charge in [0.2, 0.25) is 5.63 Å². The van der Waals surface area contributed by atoms with E-state index < -0.39 is 17.1 Å². The van der Waals surface area contributed by atoms with Crippen molar-refractivity contribution in [2.24, 2.45) is 11.5 Å². The quantitative estimate of drug-likeness (QED) is 0.511. The van der Waals surface area contributed by atoms with Crippen LogP contribution in [-0.2, 0) is 9.53 Å². The Kier molecular flexibility index (Phi) is 5.99. The number of rotatable bonds is 6. The molecule has 0 aromatic rings. The van der Waals surface area contributed by atoms with Crippen LogP contribution in [0.4, 0.5) is 4.39 Å². The highest BCUT2D eigenvalue weighted by Crippen LogP contribution is 2.22. The number of halogens is 2. The molecule has 0 radical (unpaired) electrons. The number of hydrogen-bond acceptors (Lipinski definition) is 4. The first-order chi connectivity index (χ1) is 6.49. The number of hydrogen-bond donors (Lipinski definition) is 2. The summed E-state index contributed by atoms with van der Waals surface area (Å²) < 4.78 is 17.6. The summed E-state index contributed by atoms with van der Waals surface area (Å²) in [4.78, 5) is 11.3. The van der Waals surface area contributed by atoms with Gasteiger partial charge in [-0.25, -0.2) is 9.18 Å². The van der Waals surface area contributed by atoms with E-state index in [1.165, 1.54) is 0 Å². The second-order valence-corrected chi connectivity index (χ2v) is 3.34. The van der Waals surface area contributed by atoms with E-state index >= 15 is 0 Å². The van der Waals surface area contributed by atoms with Gasteiger partial charge >= 0.3 is 5.97 Å². The van der Waals surface area contributed by atoms with Crippen LogP contribution >= 0.6 is 11.6 Å². The zero-order chi connectivity index (χ0) is 11.2. The van der Waals surface area contributed by atoms with Crippen LogP contribution in [0.5, 0.6) is 0 Å². The summed E-state index contributed by atoms with van der Waals surface area (Å²) >= 11 is 5.22. The zero-order valence-electron chi connectivity index (χ0n) is 8.13. The summed E-state index contributed by atoms with van der Waals surface area (Å²) in [5, 5.41) is 0. The second-order valence-electron chi connectivity index (χ2n) is 2.95. The summed E-state index contributed by atoms with van der Waals surface area (Å²) in [6.07, 6.45) is 0.495. The van der Waals surface area contributed by atoms with Crippen LogP contribution in [0.15, 0.2) is 0 Å². The highest BCUT2D eigenvalue weighted by Gasteiger charge is 2.42. The second kappa shape index (κ2) is 6.16. The first-order valence-electron chi connectivity index (χ1n) is 4.43. The largest absolute Gasteiger partial charge is 0.465 e. The number of alkyl halides is 2. The van der Waals surface area contributed by atoms with Crippen molar-refractivity contribution in [2.75, 3.05) is 13.2 Å². The van der Waals surface area contributed by atoms with Crippen molar-refractivity contribution in [1.82, 2.24) is 0 Å². The Labute approximate surface area is 87.7 Å². The molecule has 0 spiro atoms. The predicted octanol–water partition coefficient (Wildman–Crippen LogP) is 0.520. The van der Waals surface area contributed by atoms with Crippen molar-refractivity contribution in [3.63, 3.8) is 0 Å². The molecule has 4 N–H and O–H groups in total. The molecule has 6 heteroatoms. The lowest BCUT2D eigenvalue weighted by atomic mass is 9.96. The number of ether oxygens (including phenoxy) is 1. The molecule has 0 fully saturated rings. The molecule has 0 aliphatic heterocycles. The van der Waals surface area contributed by atoms with Crippen molar-refractivity contribution >= 4 is 17.6 Å². The smallest absolute Gasteiger partial charge is 0.330 e. The molecule has 0 rings (SSSR count). The Bertz CT molecular complexity index is 192. The van der Waals surface area contributed by atoms with Crippen LogP contribution in [0.3, 0.4) is 0 Å². The van der Waals surface area contributed by atoms with E-state index in [1.807, 2.05) is 0 Å². The van der Waals surface area contributed by atoms with Crippen LogP contribution in [0.25, 0.3) is 0 Å². The zero-order valence-corrected chi connectivity index (χ0v) is 8.89. The summed E-state index contributed by atoms with van der Waals surface area (Å²) in [5.41, 5.74) is 7.01. The maximum atomic E-state index is 12.9. The molecule has 14 heavy (non-hydrogen) atoms. The fourth-order valence-corrected chi connectivity index (χ4v) is 1.16. The van der Waals surface area contributed by atoms with Crippen LogP contribution < -0.4 is 11.5 Å². The number of carbonyl (C=O) groups is 1. The fourth-order valence-electron chi connectivity index (χ4n) is 0.960. The van der Waals surface area contributed by atoms with E-state index in [2.05, 4.69) is 4.74 Å². The summed E-state index contributed by atoms with van der Waals surface area (Å²) in [5.74, 6) is -0.823. The monoisotopic (exact) mass is 226 g/mol. The van der Waals surface area contributed by atoms with Gasteiger partial charge in [0.1, 0.15) is 0 Å². The lowest BCUT2D eigenvalue weighted by molar-refractivity contribution is -0.151. The maximum absolute atomic E-state index is 12.9. The highest BCUT2D eigenvalue weighted by molar-refractivity contribution is 6.22. The summed E-state index contributed by atoms with van der Waals surface area (Å²) in [6.45, 7) is 2.08. The summed E-state index contributed by atoms with van der Waals surface area (Å²) in [7, 11) is 0. The van der Waals surface area contributed by atoms with Crippen LogP contribution in [-0.4, -0.2) is 30.3 Å². The molecular formula is C8H16ClFN2O2. The molecule has 0 saturated heterocycles. The minimum Gasteiger partial charge on any atom is -0.465 e. The van der Waals surface area contributed by atoms with Crippen molar-refractivity contribution < 1.29 is 13.9 Å². The molecule has 0 bridgehead atoms. The number of carbonyl (C=O) groups excluding carboxylic acids is 1. The Morgan fingerprint density at radius 1 is 1.71 bits per heavy atom. The SMILES string of the molecule is CCOC(=O)[C@](N)(CCCN)C(F)Cl. The standard InChI is InChI=1S/C8H16ClFN2O2/c1-2-14-7(13)8(12,6(9)10)4-3-5-11/h6H,2-5,11-12H2,1H3/t6?,8-/m0/s1. The van der Waals surface area contributed by atoms with Gasteiger partial charge in [-0.1, -0.05) is 11.6 Å². The van der Waals surface area contributed by atoms with Gasteiger partial charge in [0, 0.05) is 0 Å². The van der Waals surface area contributed by atoms with E-state index in [0.717, 1.165) is 0 Å². The molecule has 0 aliphatic rings. The van der Waals surface area contributed by atoms with Gasteiger partial charge in [0.05, 0.1) is 6.61 Å². The Morgan fingerprint density at radius 3 is 2.64 bits per heavy atom. The third kappa shape index (κ3) is 3.40.